The van der Waals surface area contributed by atoms with Gasteiger partial charge in [-0.15, -0.1) is 12.6 Å². The minimum Gasteiger partial charge on any atom is -0.345 e. The van der Waals surface area contributed by atoms with E-state index in [0.29, 0.717) is 5.69 Å². The van der Waals surface area contributed by atoms with Crippen LogP contribution in [0.25, 0.3) is 0 Å². The lowest BCUT2D eigenvalue weighted by atomic mass is 10.4. The summed E-state index contributed by atoms with van der Waals surface area (Å²) in [7, 11) is 1.85. The van der Waals surface area contributed by atoms with Crippen molar-refractivity contribution in [2.75, 3.05) is 0 Å². The molecule has 0 atom stereocenters. The van der Waals surface area contributed by atoms with Crippen LogP contribution in [0.15, 0.2) is 11.0 Å². The lowest BCUT2D eigenvalue weighted by Gasteiger charge is -1.96. The maximum Gasteiger partial charge on any atom is 0.166 e. The van der Waals surface area contributed by atoms with E-state index in [9.17, 15) is 4.79 Å². The molecule has 0 aliphatic heterocycles. The molecule has 0 bridgehead atoms. The van der Waals surface area contributed by atoms with Crippen molar-refractivity contribution < 1.29 is 4.79 Å². The molecule has 1 aromatic heterocycles. The number of hydrogen-bond donors (Lipinski definition) is 1. The van der Waals surface area contributed by atoms with Crippen LogP contribution < -0.4 is 0 Å². The quantitative estimate of drug-likeness (QED) is 0.481. The Morgan fingerprint density at radius 3 is 2.50 bits per heavy atom. The fourth-order valence-corrected chi connectivity index (χ4v) is 1.10. The monoisotopic (exact) mass is 155 g/mol. The second kappa shape index (κ2) is 2.50. The Kier molecular flexibility index (Phi) is 1.85. The number of aldehydes is 1. The molecule has 1 aromatic rings. The SMILES string of the molecule is Cc1c(S)cc(C=O)n1C. The van der Waals surface area contributed by atoms with Gasteiger partial charge in [0.25, 0.3) is 0 Å². The summed E-state index contributed by atoms with van der Waals surface area (Å²) < 4.78 is 1.81. The molecule has 0 N–H and O–H groups in total. The number of nitrogens with zero attached hydrogens (tertiary/aromatic N) is 1. The average Bonchev–Trinajstić information content (AvgIpc) is 2.17. The summed E-state index contributed by atoms with van der Waals surface area (Å²) in [5.41, 5.74) is 1.69. The van der Waals surface area contributed by atoms with Crippen molar-refractivity contribution in [3.05, 3.63) is 17.5 Å². The van der Waals surface area contributed by atoms with Crippen LogP contribution in [0, 0.1) is 6.92 Å². The standard InChI is InChI=1S/C7H9NOS/c1-5-7(10)3-6(4-9)8(5)2/h3-4,10H,1-2H3. The molecule has 1 heterocycles. The first-order chi connectivity index (χ1) is 4.66. The lowest BCUT2D eigenvalue weighted by molar-refractivity contribution is 0.111. The van der Waals surface area contributed by atoms with Crippen molar-refractivity contribution in [2.45, 2.75) is 11.8 Å². The van der Waals surface area contributed by atoms with E-state index in [4.69, 9.17) is 0 Å². The van der Waals surface area contributed by atoms with E-state index in [2.05, 4.69) is 12.6 Å². The van der Waals surface area contributed by atoms with E-state index in [-0.39, 0.29) is 0 Å². The van der Waals surface area contributed by atoms with Crippen LogP contribution in [0.3, 0.4) is 0 Å². The Balaban J connectivity index is 3.30. The molecule has 2 nitrogen and oxygen atoms in total. The summed E-state index contributed by atoms with van der Waals surface area (Å²) in [6.07, 6.45) is 0.826. The third-order valence-electron chi connectivity index (χ3n) is 1.67. The van der Waals surface area contributed by atoms with E-state index in [1.807, 2.05) is 18.5 Å². The second-order valence-corrected chi connectivity index (χ2v) is 2.70. The van der Waals surface area contributed by atoms with Crippen molar-refractivity contribution in [1.29, 1.82) is 0 Å². The highest BCUT2D eigenvalue weighted by Gasteiger charge is 2.03. The van der Waals surface area contributed by atoms with Crippen LogP contribution in [0.1, 0.15) is 16.2 Å². The molecule has 0 radical (unpaired) electrons. The first-order valence-corrected chi connectivity index (χ1v) is 3.42. The minimum atomic E-state index is 0.669. The van der Waals surface area contributed by atoms with E-state index in [1.54, 1.807) is 6.07 Å². The average molecular weight is 155 g/mol. The van der Waals surface area contributed by atoms with E-state index in [0.717, 1.165) is 16.9 Å². The van der Waals surface area contributed by atoms with Gasteiger partial charge in [0, 0.05) is 17.6 Å². The Hall–Kier alpha value is -0.700. The molecule has 0 aromatic carbocycles. The normalized spacial score (nSPS) is 9.90. The molecule has 0 spiro atoms. The summed E-state index contributed by atoms with van der Waals surface area (Å²) in [6.45, 7) is 1.93. The van der Waals surface area contributed by atoms with Gasteiger partial charge in [0.15, 0.2) is 6.29 Å². The third kappa shape index (κ3) is 0.968. The van der Waals surface area contributed by atoms with Crippen molar-refractivity contribution >= 4 is 18.9 Å². The van der Waals surface area contributed by atoms with Crippen molar-refractivity contribution in [3.8, 4) is 0 Å². The zero-order valence-corrected chi connectivity index (χ0v) is 6.85. The highest BCUT2D eigenvalue weighted by Crippen LogP contribution is 2.15. The van der Waals surface area contributed by atoms with Gasteiger partial charge >= 0.3 is 0 Å². The molecule has 0 amide bonds. The van der Waals surface area contributed by atoms with Crippen LogP contribution in [0.4, 0.5) is 0 Å². The molecule has 10 heavy (non-hydrogen) atoms. The first-order valence-electron chi connectivity index (χ1n) is 2.97. The van der Waals surface area contributed by atoms with Gasteiger partial charge in [-0.1, -0.05) is 0 Å². The topological polar surface area (TPSA) is 22.0 Å². The number of hydrogen-bond acceptors (Lipinski definition) is 2. The smallest absolute Gasteiger partial charge is 0.166 e. The Morgan fingerprint density at radius 2 is 2.30 bits per heavy atom. The van der Waals surface area contributed by atoms with Gasteiger partial charge in [-0.2, -0.15) is 0 Å². The molecule has 1 rings (SSSR count). The predicted molar refractivity (Wildman–Crippen MR) is 42.8 cm³/mol. The number of thiol groups is 1. The summed E-state index contributed by atoms with van der Waals surface area (Å²) in [5, 5.41) is 0. The Bertz CT molecular complexity index is 265. The summed E-state index contributed by atoms with van der Waals surface area (Å²) in [4.78, 5) is 11.2. The largest absolute Gasteiger partial charge is 0.345 e. The van der Waals surface area contributed by atoms with Crippen molar-refractivity contribution in [2.24, 2.45) is 7.05 Å². The highest BCUT2D eigenvalue weighted by atomic mass is 32.1. The van der Waals surface area contributed by atoms with Gasteiger partial charge in [0.05, 0.1) is 5.69 Å². The van der Waals surface area contributed by atoms with Gasteiger partial charge in [0.2, 0.25) is 0 Å². The lowest BCUT2D eigenvalue weighted by Crippen LogP contribution is -1.95. The van der Waals surface area contributed by atoms with Gasteiger partial charge in [0.1, 0.15) is 0 Å². The fraction of sp³-hybridized carbons (Fsp3) is 0.286. The molecule has 0 aliphatic carbocycles. The van der Waals surface area contributed by atoms with Crippen molar-refractivity contribution in [1.82, 2.24) is 4.57 Å². The summed E-state index contributed by atoms with van der Waals surface area (Å²) in [6, 6.07) is 1.76. The van der Waals surface area contributed by atoms with Gasteiger partial charge < -0.3 is 4.57 Å². The molecular weight excluding hydrogens is 146 g/mol. The second-order valence-electron chi connectivity index (χ2n) is 2.22. The molecule has 0 unspecified atom stereocenters. The molecule has 54 valence electrons. The van der Waals surface area contributed by atoms with Crippen LogP contribution >= 0.6 is 12.6 Å². The zero-order chi connectivity index (χ0) is 7.72. The first kappa shape index (κ1) is 7.41. The molecule has 0 fully saturated rings. The highest BCUT2D eigenvalue weighted by molar-refractivity contribution is 7.80. The minimum absolute atomic E-state index is 0.669. The molecule has 0 aliphatic rings. The van der Waals surface area contributed by atoms with Crippen molar-refractivity contribution in [3.63, 3.8) is 0 Å². The number of carbonyl (C=O) groups is 1. The maximum atomic E-state index is 10.3. The fourth-order valence-electron chi connectivity index (χ4n) is 0.820. The van der Waals surface area contributed by atoms with Crippen LogP contribution in [0.2, 0.25) is 0 Å². The summed E-state index contributed by atoms with van der Waals surface area (Å²) >= 11 is 4.16. The molecule has 0 saturated heterocycles. The van der Waals surface area contributed by atoms with Crippen LogP contribution in [0.5, 0.6) is 0 Å². The number of rotatable bonds is 1. The molecular formula is C7H9NOS. The molecule has 0 saturated carbocycles. The van der Waals surface area contributed by atoms with Crippen LogP contribution in [-0.2, 0) is 7.05 Å². The predicted octanol–water partition coefficient (Wildman–Crippen LogP) is 1.43. The van der Waals surface area contributed by atoms with Crippen LogP contribution in [-0.4, -0.2) is 10.9 Å². The number of carbonyl (C=O) groups excluding carboxylic acids is 1. The van der Waals surface area contributed by atoms with E-state index < -0.39 is 0 Å². The Morgan fingerprint density at radius 1 is 1.70 bits per heavy atom. The van der Waals surface area contributed by atoms with Gasteiger partial charge in [-0.3, -0.25) is 4.79 Å². The number of aromatic nitrogens is 1. The third-order valence-corrected chi connectivity index (χ3v) is 2.12. The Labute approximate surface area is 65.3 Å². The zero-order valence-electron chi connectivity index (χ0n) is 5.96. The maximum absolute atomic E-state index is 10.3. The van der Waals surface area contributed by atoms with E-state index >= 15 is 0 Å². The van der Waals surface area contributed by atoms with E-state index in [1.165, 1.54) is 0 Å². The summed E-state index contributed by atoms with van der Waals surface area (Å²) in [5.74, 6) is 0. The van der Waals surface area contributed by atoms with Gasteiger partial charge in [-0.25, -0.2) is 0 Å². The van der Waals surface area contributed by atoms with Gasteiger partial charge in [-0.05, 0) is 13.0 Å². The molecule has 3 heteroatoms.